The van der Waals surface area contributed by atoms with Crippen molar-refractivity contribution >= 4 is 40.0 Å². The van der Waals surface area contributed by atoms with Gasteiger partial charge in [0.2, 0.25) is 11.2 Å². The van der Waals surface area contributed by atoms with Gasteiger partial charge in [-0.1, -0.05) is 6.07 Å². The first-order chi connectivity index (χ1) is 11.8. The number of halogens is 1. The number of thiophene rings is 1. The number of hydrogen-bond acceptors (Lipinski definition) is 5. The number of hydrogen-bond donors (Lipinski definition) is 1. The zero-order valence-electron chi connectivity index (χ0n) is 13.8. The maximum atomic E-state index is 12.4. The van der Waals surface area contributed by atoms with Gasteiger partial charge in [0.05, 0.1) is 6.04 Å². The van der Waals surface area contributed by atoms with Crippen molar-refractivity contribution in [3.05, 3.63) is 48.5 Å². The van der Waals surface area contributed by atoms with Gasteiger partial charge >= 0.3 is 5.69 Å². The van der Waals surface area contributed by atoms with Crippen molar-refractivity contribution in [2.75, 3.05) is 0 Å². The first-order valence-electron chi connectivity index (χ1n) is 7.45. The smallest absolute Gasteiger partial charge is 0.332 e. The van der Waals surface area contributed by atoms with Gasteiger partial charge in [0.25, 0.3) is 5.56 Å². The Labute approximate surface area is 151 Å². The summed E-state index contributed by atoms with van der Waals surface area (Å²) < 4.78 is 3.50. The third kappa shape index (κ3) is 3.00. The van der Waals surface area contributed by atoms with Crippen LogP contribution in [0.5, 0.6) is 0 Å². The Bertz CT molecular complexity index is 1060. The number of aryl methyl sites for hydroxylation is 1. The highest BCUT2D eigenvalue weighted by molar-refractivity contribution is 7.10. The fourth-order valence-corrected chi connectivity index (χ4v) is 3.56. The van der Waals surface area contributed by atoms with Crippen molar-refractivity contribution in [2.45, 2.75) is 19.5 Å². The van der Waals surface area contributed by atoms with Gasteiger partial charge in [0.15, 0.2) is 11.2 Å². The monoisotopic (exact) mass is 381 g/mol. The van der Waals surface area contributed by atoms with Crippen molar-refractivity contribution in [3.8, 4) is 0 Å². The van der Waals surface area contributed by atoms with Crippen LogP contribution in [-0.2, 0) is 25.4 Å². The van der Waals surface area contributed by atoms with E-state index in [0.717, 1.165) is 9.44 Å². The third-order valence-electron chi connectivity index (χ3n) is 3.95. The van der Waals surface area contributed by atoms with Gasteiger partial charge in [-0.15, -0.1) is 11.3 Å². The highest BCUT2D eigenvalue weighted by Gasteiger charge is 2.20. The van der Waals surface area contributed by atoms with Crippen LogP contribution in [0.1, 0.15) is 17.8 Å². The van der Waals surface area contributed by atoms with Crippen LogP contribution in [0.4, 0.5) is 0 Å². The minimum Gasteiger partial charge on any atom is -0.347 e. The van der Waals surface area contributed by atoms with Crippen LogP contribution >= 0.6 is 22.9 Å². The fourth-order valence-electron chi connectivity index (χ4n) is 2.60. The molecule has 0 bridgehead atoms. The van der Waals surface area contributed by atoms with Crippen molar-refractivity contribution < 1.29 is 4.79 Å². The van der Waals surface area contributed by atoms with Crippen LogP contribution in [0, 0.1) is 0 Å². The molecule has 3 heterocycles. The van der Waals surface area contributed by atoms with Crippen molar-refractivity contribution in [1.82, 2.24) is 24.0 Å². The molecule has 0 saturated heterocycles. The summed E-state index contributed by atoms with van der Waals surface area (Å²) in [6.45, 7) is 1.71. The summed E-state index contributed by atoms with van der Waals surface area (Å²) in [5, 5.41) is 4.77. The average Bonchev–Trinajstić information content (AvgIpc) is 3.20. The van der Waals surface area contributed by atoms with Gasteiger partial charge in [-0.3, -0.25) is 23.3 Å². The molecule has 0 aromatic carbocycles. The quantitative estimate of drug-likeness (QED) is 0.683. The molecule has 1 atom stereocenters. The first kappa shape index (κ1) is 17.4. The summed E-state index contributed by atoms with van der Waals surface area (Å²) in [5.41, 5.74) is -0.781. The van der Waals surface area contributed by atoms with Gasteiger partial charge in [0, 0.05) is 19.0 Å². The lowest BCUT2D eigenvalue weighted by Crippen LogP contribution is -2.38. The molecule has 0 aliphatic heterocycles. The van der Waals surface area contributed by atoms with Gasteiger partial charge in [-0.05, 0) is 30.0 Å². The Balaban J connectivity index is 1.97. The number of imidazole rings is 1. The Morgan fingerprint density at radius 2 is 2.08 bits per heavy atom. The van der Waals surface area contributed by atoms with Crippen LogP contribution in [0.25, 0.3) is 11.2 Å². The molecule has 132 valence electrons. The standard InChI is InChI=1S/C15H16ClN5O3S/c1-8(9-5-4-6-25-9)17-10(22)7-21-11-12(18-14(21)16)19(2)15(24)20(3)13(11)23/h4-6,8H,7H2,1-3H3,(H,17,22)/t8-/m0/s1. The molecule has 0 radical (unpaired) electrons. The van der Waals surface area contributed by atoms with Gasteiger partial charge in [-0.25, -0.2) is 4.79 Å². The maximum absolute atomic E-state index is 12.4. The van der Waals surface area contributed by atoms with Crippen LogP contribution in [0.3, 0.4) is 0 Å². The molecular formula is C15H16ClN5O3S. The Morgan fingerprint density at radius 1 is 1.36 bits per heavy atom. The normalized spacial score (nSPS) is 12.5. The molecule has 25 heavy (non-hydrogen) atoms. The predicted octanol–water partition coefficient (Wildman–Crippen LogP) is 1.03. The molecule has 3 rings (SSSR count). The van der Waals surface area contributed by atoms with Crippen LogP contribution in [0.15, 0.2) is 27.1 Å². The molecule has 1 amide bonds. The molecule has 3 aromatic rings. The number of carbonyl (C=O) groups is 1. The van der Waals surface area contributed by atoms with Crippen LogP contribution < -0.4 is 16.6 Å². The first-order valence-corrected chi connectivity index (χ1v) is 8.71. The molecule has 3 aromatic heterocycles. The molecule has 1 N–H and O–H groups in total. The molecule has 0 unspecified atom stereocenters. The second kappa shape index (κ2) is 6.49. The Hall–Kier alpha value is -2.39. The number of carbonyl (C=O) groups excluding carboxylic acids is 1. The summed E-state index contributed by atoms with van der Waals surface area (Å²) in [4.78, 5) is 41.9. The van der Waals surface area contributed by atoms with Crippen LogP contribution in [0.2, 0.25) is 5.28 Å². The van der Waals surface area contributed by atoms with E-state index in [-0.39, 0.29) is 34.9 Å². The Morgan fingerprint density at radius 3 is 2.72 bits per heavy atom. The third-order valence-corrected chi connectivity index (χ3v) is 5.29. The lowest BCUT2D eigenvalue weighted by molar-refractivity contribution is -0.122. The predicted molar refractivity (Wildman–Crippen MR) is 96.1 cm³/mol. The number of rotatable bonds is 4. The summed E-state index contributed by atoms with van der Waals surface area (Å²) in [6, 6.07) is 3.68. The van der Waals surface area contributed by atoms with E-state index in [1.165, 1.54) is 23.2 Å². The topological polar surface area (TPSA) is 90.9 Å². The molecule has 8 nitrogen and oxygen atoms in total. The molecule has 0 saturated carbocycles. The highest BCUT2D eigenvalue weighted by atomic mass is 35.5. The largest absolute Gasteiger partial charge is 0.347 e. The molecule has 0 aliphatic carbocycles. The van der Waals surface area contributed by atoms with E-state index < -0.39 is 11.2 Å². The van der Waals surface area contributed by atoms with E-state index in [1.807, 2.05) is 24.4 Å². The lowest BCUT2D eigenvalue weighted by atomic mass is 10.3. The lowest BCUT2D eigenvalue weighted by Gasteiger charge is -2.13. The molecule has 0 spiro atoms. The van der Waals surface area contributed by atoms with Crippen LogP contribution in [-0.4, -0.2) is 24.6 Å². The van der Waals surface area contributed by atoms with E-state index >= 15 is 0 Å². The zero-order chi connectivity index (χ0) is 18.3. The van der Waals surface area contributed by atoms with Crippen molar-refractivity contribution in [3.63, 3.8) is 0 Å². The minimum absolute atomic E-state index is 0.0211. The SMILES string of the molecule is C[C@H](NC(=O)Cn1c(Cl)nc2c1c(=O)n(C)c(=O)n2C)c1cccs1. The van der Waals surface area contributed by atoms with Gasteiger partial charge < -0.3 is 5.32 Å². The number of fused-ring (bicyclic) bond motifs is 1. The van der Waals surface area contributed by atoms with Gasteiger partial charge in [-0.2, -0.15) is 4.98 Å². The van der Waals surface area contributed by atoms with E-state index in [1.54, 1.807) is 11.3 Å². The highest BCUT2D eigenvalue weighted by Crippen LogP contribution is 2.19. The maximum Gasteiger partial charge on any atom is 0.332 e. The number of aromatic nitrogens is 4. The second-order valence-corrected chi connectivity index (χ2v) is 6.97. The molecule has 0 fully saturated rings. The summed E-state index contributed by atoms with van der Waals surface area (Å²) in [7, 11) is 2.87. The summed E-state index contributed by atoms with van der Waals surface area (Å²) in [6.07, 6.45) is 0. The minimum atomic E-state index is -0.545. The average molecular weight is 382 g/mol. The number of amides is 1. The van der Waals surface area contributed by atoms with Crippen molar-refractivity contribution in [1.29, 1.82) is 0 Å². The zero-order valence-corrected chi connectivity index (χ0v) is 15.4. The number of nitrogens with zero attached hydrogens (tertiary/aromatic N) is 4. The van der Waals surface area contributed by atoms with Gasteiger partial charge in [0.1, 0.15) is 6.54 Å². The second-order valence-electron chi connectivity index (χ2n) is 5.65. The van der Waals surface area contributed by atoms with E-state index in [2.05, 4.69) is 10.3 Å². The molecule has 10 heteroatoms. The summed E-state index contributed by atoms with van der Waals surface area (Å²) in [5.74, 6) is -0.307. The fraction of sp³-hybridized carbons (Fsp3) is 0.333. The van der Waals surface area contributed by atoms with Crippen molar-refractivity contribution in [2.24, 2.45) is 14.1 Å². The Kier molecular flexibility index (Phi) is 4.53. The molecule has 0 aliphatic rings. The van der Waals surface area contributed by atoms with E-state index in [4.69, 9.17) is 11.6 Å². The number of nitrogens with one attached hydrogen (secondary N) is 1. The summed E-state index contributed by atoms with van der Waals surface area (Å²) >= 11 is 7.65. The van der Waals surface area contributed by atoms with E-state index in [9.17, 15) is 14.4 Å². The molecular weight excluding hydrogens is 366 g/mol. The van der Waals surface area contributed by atoms with E-state index in [0.29, 0.717) is 0 Å².